The molecule has 3 aromatic rings. The number of benzene rings is 2. The van der Waals surface area contributed by atoms with E-state index < -0.39 is 38.2 Å². The number of fused-ring (bicyclic) bond motifs is 1. The maximum Gasteiger partial charge on any atom is 0.462 e. The minimum Gasteiger partial charge on any atom is -0.459 e. The van der Waals surface area contributed by atoms with E-state index in [-0.39, 0.29) is 12.6 Å². The Kier molecular flexibility index (Phi) is 5.64. The van der Waals surface area contributed by atoms with Gasteiger partial charge in [0.05, 0.1) is 0 Å². The molecule has 0 radical (unpaired) electrons. The van der Waals surface area contributed by atoms with E-state index >= 15 is 0 Å². The molecular weight excluding hydrogens is 424 g/mol. The highest BCUT2D eigenvalue weighted by Gasteiger charge is 2.47. The molecule has 0 bridgehead atoms. The number of hydrogen-bond acceptors (Lipinski definition) is 8. The molecule has 31 heavy (non-hydrogen) atoms. The smallest absolute Gasteiger partial charge is 0.459 e. The highest BCUT2D eigenvalue weighted by Crippen LogP contribution is 2.42. The first-order valence-corrected chi connectivity index (χ1v) is 11.2. The van der Waals surface area contributed by atoms with Crippen molar-refractivity contribution >= 4 is 15.1 Å². The Morgan fingerprint density at radius 3 is 2.58 bits per heavy atom. The number of carbonyl (C=O) groups excluding carboxylic acids is 1. The van der Waals surface area contributed by atoms with Crippen molar-refractivity contribution in [2.75, 3.05) is 0 Å². The molecule has 1 unspecified atom stereocenters. The molecule has 162 valence electrons. The molecule has 10 heteroatoms. The summed E-state index contributed by atoms with van der Waals surface area (Å²) in [5, 5.41) is -0.219. The zero-order valence-electron chi connectivity index (χ0n) is 16.6. The van der Waals surface area contributed by atoms with Gasteiger partial charge in [0.25, 0.3) is 9.84 Å². The van der Waals surface area contributed by atoms with Crippen molar-refractivity contribution in [2.24, 2.45) is 5.92 Å². The number of nitrogens with zero attached hydrogens (tertiary/aromatic N) is 1. The lowest BCUT2D eigenvalue weighted by Gasteiger charge is -2.35. The van der Waals surface area contributed by atoms with E-state index in [2.05, 4.69) is 14.7 Å². The molecule has 0 fully saturated rings. The van der Waals surface area contributed by atoms with Crippen molar-refractivity contribution in [1.29, 1.82) is 0 Å². The minimum atomic E-state index is -4.37. The molecule has 1 aliphatic rings. The van der Waals surface area contributed by atoms with Gasteiger partial charge in [0.1, 0.15) is 18.0 Å². The second-order valence-electron chi connectivity index (χ2n) is 7.30. The van der Waals surface area contributed by atoms with Crippen LogP contribution >= 0.6 is 0 Å². The summed E-state index contributed by atoms with van der Waals surface area (Å²) in [7, 11) is -4.37. The third-order valence-electron chi connectivity index (χ3n) is 5.29. The predicted molar refractivity (Wildman–Crippen MR) is 109 cm³/mol. The van der Waals surface area contributed by atoms with Crippen LogP contribution in [0.25, 0.3) is 0 Å². The lowest BCUT2D eigenvalue weighted by atomic mass is 9.82. The second-order valence-corrected chi connectivity index (χ2v) is 9.23. The maximum absolute atomic E-state index is 13.3. The SMILES string of the molecule is C[C@H]1C(S(=O)(=O)C(=O)OCc2ccccc2)c2ccccc2C[C@@H]1Oc1nc(=O)o[nH]1. The van der Waals surface area contributed by atoms with Gasteiger partial charge >= 0.3 is 17.1 Å². The fourth-order valence-corrected chi connectivity index (χ4v) is 5.52. The third-order valence-corrected chi connectivity index (χ3v) is 7.23. The molecule has 1 aliphatic carbocycles. The monoisotopic (exact) mass is 444 g/mol. The maximum atomic E-state index is 13.3. The molecule has 4 rings (SSSR count). The summed E-state index contributed by atoms with van der Waals surface area (Å²) >= 11 is 0. The number of aromatic nitrogens is 2. The second kappa shape index (κ2) is 8.38. The van der Waals surface area contributed by atoms with Gasteiger partial charge in [-0.15, -0.1) is 4.98 Å². The Hall–Kier alpha value is -3.40. The van der Waals surface area contributed by atoms with E-state index in [1.807, 2.05) is 6.07 Å². The standard InChI is InChI=1S/C21H20N2O7S/c1-13-17(29-19-22-20(24)30-23-19)11-15-9-5-6-10-16(15)18(13)31(26,27)21(25)28-12-14-7-3-2-4-8-14/h2-10,13,17-18H,11-12H2,1H3,(H,22,23,24)/t13-,17+,18?/m1/s1. The van der Waals surface area contributed by atoms with Crippen LogP contribution < -0.4 is 10.5 Å². The predicted octanol–water partition coefficient (Wildman–Crippen LogP) is 2.80. The number of H-pyrrole nitrogens is 1. The zero-order valence-corrected chi connectivity index (χ0v) is 17.4. The van der Waals surface area contributed by atoms with Crippen LogP contribution in [0.5, 0.6) is 6.01 Å². The Bertz CT molecular complexity index is 1230. The van der Waals surface area contributed by atoms with Gasteiger partial charge in [0, 0.05) is 12.3 Å². The first-order valence-electron chi connectivity index (χ1n) is 9.61. The van der Waals surface area contributed by atoms with E-state index in [0.29, 0.717) is 17.5 Å². The van der Waals surface area contributed by atoms with Crippen molar-refractivity contribution in [3.05, 3.63) is 81.8 Å². The molecule has 1 aromatic heterocycles. The van der Waals surface area contributed by atoms with Gasteiger partial charge in [0.15, 0.2) is 0 Å². The summed E-state index contributed by atoms with van der Waals surface area (Å²) < 4.78 is 41.9. The molecular formula is C21H20N2O7S. The van der Waals surface area contributed by atoms with Crippen LogP contribution in [-0.4, -0.2) is 30.0 Å². The average molecular weight is 444 g/mol. The van der Waals surface area contributed by atoms with Gasteiger partial charge in [-0.1, -0.05) is 61.5 Å². The van der Waals surface area contributed by atoms with Crippen molar-refractivity contribution in [3.63, 3.8) is 0 Å². The minimum absolute atomic E-state index is 0.149. The molecule has 2 aromatic carbocycles. The van der Waals surface area contributed by atoms with Crippen LogP contribution in [0.4, 0.5) is 4.79 Å². The summed E-state index contributed by atoms with van der Waals surface area (Å²) in [5.41, 5.74) is 1.93. The van der Waals surface area contributed by atoms with E-state index in [9.17, 15) is 18.0 Å². The highest BCUT2D eigenvalue weighted by molar-refractivity contribution is 8.05. The number of rotatable bonds is 5. The van der Waals surface area contributed by atoms with E-state index in [1.165, 1.54) is 0 Å². The van der Waals surface area contributed by atoms with Crippen LogP contribution in [0, 0.1) is 5.92 Å². The van der Waals surface area contributed by atoms with Crippen molar-refractivity contribution in [2.45, 2.75) is 31.3 Å². The number of sulfone groups is 1. The Balaban J connectivity index is 1.62. The lowest BCUT2D eigenvalue weighted by Crippen LogP contribution is -2.41. The number of hydrogen-bond donors (Lipinski definition) is 1. The van der Waals surface area contributed by atoms with Crippen LogP contribution in [-0.2, 0) is 27.6 Å². The summed E-state index contributed by atoms with van der Waals surface area (Å²) in [6.45, 7) is 1.52. The third kappa shape index (κ3) is 4.24. The summed E-state index contributed by atoms with van der Waals surface area (Å²) in [5.74, 6) is -1.49. The highest BCUT2D eigenvalue weighted by atomic mass is 32.2. The van der Waals surface area contributed by atoms with Crippen molar-refractivity contribution < 1.29 is 27.2 Å². The van der Waals surface area contributed by atoms with Gasteiger partial charge < -0.3 is 14.0 Å². The van der Waals surface area contributed by atoms with Crippen molar-refractivity contribution in [3.8, 4) is 6.01 Å². The Morgan fingerprint density at radius 1 is 1.16 bits per heavy atom. The molecule has 1 heterocycles. The van der Waals surface area contributed by atoms with Crippen molar-refractivity contribution in [1.82, 2.24) is 10.1 Å². The largest absolute Gasteiger partial charge is 0.462 e. The fraction of sp³-hybridized carbons (Fsp3) is 0.286. The molecule has 9 nitrogen and oxygen atoms in total. The van der Waals surface area contributed by atoms with Crippen LogP contribution in [0.2, 0.25) is 0 Å². The molecule has 0 spiro atoms. The molecule has 1 N–H and O–H groups in total. The fourth-order valence-electron chi connectivity index (χ4n) is 3.79. The van der Waals surface area contributed by atoms with Gasteiger partial charge in [0.2, 0.25) is 0 Å². The average Bonchev–Trinajstić information content (AvgIpc) is 3.17. The summed E-state index contributed by atoms with van der Waals surface area (Å²) in [6.07, 6.45) is -0.297. The van der Waals surface area contributed by atoms with E-state index in [1.54, 1.807) is 55.5 Å². The molecule has 0 amide bonds. The van der Waals surface area contributed by atoms with Crippen LogP contribution in [0.15, 0.2) is 63.9 Å². The Morgan fingerprint density at radius 2 is 1.87 bits per heavy atom. The van der Waals surface area contributed by atoms with Gasteiger partial charge in [-0.3, -0.25) is 0 Å². The topological polar surface area (TPSA) is 129 Å². The number of nitrogens with one attached hydrogen (secondary N) is 1. The van der Waals surface area contributed by atoms with Crippen LogP contribution in [0.1, 0.15) is 28.9 Å². The van der Waals surface area contributed by atoms with Gasteiger partial charge in [-0.2, -0.15) is 5.16 Å². The summed E-state index contributed by atoms with van der Waals surface area (Å²) in [4.78, 5) is 27.3. The number of aromatic amines is 1. The first kappa shape index (κ1) is 20.9. The quantitative estimate of drug-likeness (QED) is 0.595. The number of ether oxygens (including phenoxy) is 2. The molecule has 0 saturated heterocycles. The van der Waals surface area contributed by atoms with E-state index in [4.69, 9.17) is 9.47 Å². The Labute approximate surface area is 177 Å². The molecule has 0 aliphatic heterocycles. The molecule has 3 atom stereocenters. The molecule has 0 saturated carbocycles. The zero-order chi connectivity index (χ0) is 22.0. The lowest BCUT2D eigenvalue weighted by molar-refractivity contribution is 0.113. The van der Waals surface area contributed by atoms with Gasteiger partial charge in [-0.25, -0.2) is 18.0 Å². The van der Waals surface area contributed by atoms with Crippen LogP contribution in [0.3, 0.4) is 0 Å². The number of carbonyl (C=O) groups is 1. The summed E-state index contributed by atoms with van der Waals surface area (Å²) in [6, 6.07) is 15.6. The normalized spacial score (nSPS) is 20.6. The van der Waals surface area contributed by atoms with Gasteiger partial charge in [-0.05, 0) is 16.7 Å². The van der Waals surface area contributed by atoms with E-state index in [0.717, 1.165) is 5.56 Å². The first-order chi connectivity index (χ1) is 14.9.